The van der Waals surface area contributed by atoms with Crippen LogP contribution in [0.15, 0.2) is 51.5 Å². The van der Waals surface area contributed by atoms with Crippen molar-refractivity contribution in [3.63, 3.8) is 0 Å². The molecule has 0 radical (unpaired) electrons. The molecule has 0 aliphatic rings. The minimum atomic E-state index is -0.300. The number of amides is 1. The summed E-state index contributed by atoms with van der Waals surface area (Å²) in [7, 11) is 0. The number of phenolic OH excluding ortho intramolecular Hbond substituents is 1. The molecule has 0 saturated carbocycles. The number of hydrogen-bond acceptors (Lipinski definition) is 4. The number of aromatic nitrogens is 2. The van der Waals surface area contributed by atoms with Crippen molar-refractivity contribution in [3.8, 4) is 5.75 Å². The van der Waals surface area contributed by atoms with Crippen LogP contribution in [0, 0.1) is 0 Å². The van der Waals surface area contributed by atoms with E-state index in [4.69, 9.17) is 0 Å². The number of rotatable bonds is 2. The van der Waals surface area contributed by atoms with Gasteiger partial charge in [-0.2, -0.15) is 0 Å². The lowest BCUT2D eigenvalue weighted by Gasteiger charge is -2.06. The average Bonchev–Trinajstić information content (AvgIpc) is 2.47. The van der Waals surface area contributed by atoms with Crippen LogP contribution in [0.1, 0.15) is 10.4 Å². The normalized spacial score (nSPS) is 10.6. The number of nitrogens with zero attached hydrogens (tertiary/aromatic N) is 2. The number of hydrogen-bond donors (Lipinski definition) is 2. The third-order valence-electron chi connectivity index (χ3n) is 2.98. The summed E-state index contributed by atoms with van der Waals surface area (Å²) in [4.78, 5) is 20.4. The molecular formula is C15H9Br2N3O2. The Kier molecular flexibility index (Phi) is 4.08. The van der Waals surface area contributed by atoms with Crippen molar-refractivity contribution < 1.29 is 9.90 Å². The molecule has 3 rings (SSSR count). The zero-order chi connectivity index (χ0) is 15.7. The summed E-state index contributed by atoms with van der Waals surface area (Å²) in [6.07, 6.45) is 1.47. The highest BCUT2D eigenvalue weighted by Gasteiger charge is 2.10. The molecule has 110 valence electrons. The second-order valence-electron chi connectivity index (χ2n) is 4.51. The summed E-state index contributed by atoms with van der Waals surface area (Å²) in [5.74, 6) is -0.0425. The van der Waals surface area contributed by atoms with E-state index < -0.39 is 0 Å². The van der Waals surface area contributed by atoms with Gasteiger partial charge in [-0.1, -0.05) is 31.9 Å². The van der Waals surface area contributed by atoms with Crippen molar-refractivity contribution in [2.24, 2.45) is 0 Å². The smallest absolute Gasteiger partial charge is 0.258 e. The first kappa shape index (κ1) is 14.9. The predicted molar refractivity (Wildman–Crippen MR) is 91.0 cm³/mol. The van der Waals surface area contributed by atoms with Gasteiger partial charge in [-0.3, -0.25) is 10.1 Å². The zero-order valence-electron chi connectivity index (χ0n) is 11.0. The van der Waals surface area contributed by atoms with Gasteiger partial charge in [0.05, 0.1) is 10.9 Å². The van der Waals surface area contributed by atoms with Crippen molar-refractivity contribution >= 4 is 54.6 Å². The standard InChI is InChI=1S/C15H9Br2N3O2/c16-9-3-1-8(2-4-9)14(22)20-15-18-7-11-12(19-15)5-10(17)6-13(11)21/h1-7,21H,(H,18,19,20,22). The highest BCUT2D eigenvalue weighted by Crippen LogP contribution is 2.28. The third kappa shape index (κ3) is 3.10. The van der Waals surface area contributed by atoms with Gasteiger partial charge in [0.1, 0.15) is 5.75 Å². The average molecular weight is 423 g/mol. The molecule has 0 spiro atoms. The molecule has 1 amide bonds. The number of carbonyl (C=O) groups excluding carboxylic acids is 1. The summed E-state index contributed by atoms with van der Waals surface area (Å²) in [5.41, 5.74) is 1.04. The lowest BCUT2D eigenvalue weighted by Crippen LogP contribution is -2.14. The fourth-order valence-corrected chi connectivity index (χ4v) is 2.62. The fourth-order valence-electron chi connectivity index (χ4n) is 1.92. The van der Waals surface area contributed by atoms with Crippen LogP contribution in [-0.2, 0) is 0 Å². The fraction of sp³-hybridized carbons (Fsp3) is 0. The van der Waals surface area contributed by atoms with Gasteiger partial charge < -0.3 is 5.11 Å². The largest absolute Gasteiger partial charge is 0.507 e. The SMILES string of the molecule is O=C(Nc1ncc2c(O)cc(Br)cc2n1)c1ccc(Br)cc1. The highest BCUT2D eigenvalue weighted by atomic mass is 79.9. The molecule has 2 aromatic carbocycles. The van der Waals surface area contributed by atoms with Crippen LogP contribution in [0.4, 0.5) is 5.95 Å². The summed E-state index contributed by atoms with van der Waals surface area (Å²) >= 11 is 6.61. The van der Waals surface area contributed by atoms with Gasteiger partial charge in [0.15, 0.2) is 0 Å². The van der Waals surface area contributed by atoms with Gasteiger partial charge in [-0.05, 0) is 36.4 Å². The summed E-state index contributed by atoms with van der Waals surface area (Å²) in [5, 5.41) is 13.0. The van der Waals surface area contributed by atoms with E-state index in [1.54, 1.807) is 36.4 Å². The Balaban J connectivity index is 1.90. The van der Waals surface area contributed by atoms with Crippen LogP contribution >= 0.6 is 31.9 Å². The van der Waals surface area contributed by atoms with Crippen molar-refractivity contribution in [2.75, 3.05) is 5.32 Å². The Morgan fingerprint density at radius 1 is 1.09 bits per heavy atom. The zero-order valence-corrected chi connectivity index (χ0v) is 14.2. The molecule has 0 unspecified atom stereocenters. The lowest BCUT2D eigenvalue weighted by molar-refractivity contribution is 0.102. The molecule has 22 heavy (non-hydrogen) atoms. The van der Waals surface area contributed by atoms with E-state index in [0.29, 0.717) is 20.9 Å². The number of phenols is 1. The maximum Gasteiger partial charge on any atom is 0.258 e. The molecule has 2 N–H and O–H groups in total. The molecule has 0 saturated heterocycles. The number of halogens is 2. The van der Waals surface area contributed by atoms with E-state index in [1.807, 2.05) is 0 Å². The summed E-state index contributed by atoms with van der Waals surface area (Å²) in [6, 6.07) is 10.3. The summed E-state index contributed by atoms with van der Waals surface area (Å²) in [6.45, 7) is 0. The predicted octanol–water partition coefficient (Wildman–Crippen LogP) is 4.11. The lowest BCUT2D eigenvalue weighted by atomic mass is 10.2. The molecule has 1 heterocycles. The third-order valence-corrected chi connectivity index (χ3v) is 3.96. The Morgan fingerprint density at radius 2 is 1.82 bits per heavy atom. The van der Waals surface area contributed by atoms with Crippen molar-refractivity contribution in [2.45, 2.75) is 0 Å². The number of fused-ring (bicyclic) bond motifs is 1. The first-order chi connectivity index (χ1) is 10.5. The molecule has 3 aromatic rings. The minimum absolute atomic E-state index is 0.0789. The first-order valence-corrected chi connectivity index (χ1v) is 7.84. The maximum atomic E-state index is 12.1. The number of aromatic hydroxyl groups is 1. The van der Waals surface area contributed by atoms with Gasteiger partial charge >= 0.3 is 0 Å². The van der Waals surface area contributed by atoms with Crippen molar-refractivity contribution in [1.82, 2.24) is 9.97 Å². The second-order valence-corrected chi connectivity index (χ2v) is 6.34. The molecular weight excluding hydrogens is 414 g/mol. The monoisotopic (exact) mass is 421 g/mol. The molecule has 1 aromatic heterocycles. The van der Waals surface area contributed by atoms with Crippen molar-refractivity contribution in [1.29, 1.82) is 0 Å². The Morgan fingerprint density at radius 3 is 2.55 bits per heavy atom. The molecule has 0 aliphatic heterocycles. The topological polar surface area (TPSA) is 75.1 Å². The van der Waals surface area contributed by atoms with Crippen LogP contribution in [0.5, 0.6) is 5.75 Å². The highest BCUT2D eigenvalue weighted by molar-refractivity contribution is 9.10. The van der Waals surface area contributed by atoms with E-state index in [9.17, 15) is 9.90 Å². The maximum absolute atomic E-state index is 12.1. The molecule has 5 nitrogen and oxygen atoms in total. The summed E-state index contributed by atoms with van der Waals surface area (Å²) < 4.78 is 1.59. The molecule has 0 fully saturated rings. The van der Waals surface area contributed by atoms with E-state index >= 15 is 0 Å². The van der Waals surface area contributed by atoms with Gasteiger partial charge in [0, 0.05) is 20.7 Å². The Hall–Kier alpha value is -1.99. The minimum Gasteiger partial charge on any atom is -0.507 e. The Labute approximate surface area is 142 Å². The van der Waals surface area contributed by atoms with Gasteiger partial charge in [-0.25, -0.2) is 9.97 Å². The van der Waals surface area contributed by atoms with E-state index in [1.165, 1.54) is 6.20 Å². The van der Waals surface area contributed by atoms with Crippen LogP contribution in [0.3, 0.4) is 0 Å². The van der Waals surface area contributed by atoms with Crippen molar-refractivity contribution in [3.05, 3.63) is 57.1 Å². The Bertz CT molecular complexity index is 867. The van der Waals surface area contributed by atoms with Crippen LogP contribution in [0.2, 0.25) is 0 Å². The molecule has 7 heteroatoms. The van der Waals surface area contributed by atoms with Gasteiger partial charge in [0.25, 0.3) is 5.91 Å². The molecule has 0 bridgehead atoms. The quantitative estimate of drug-likeness (QED) is 0.651. The van der Waals surface area contributed by atoms with Crippen LogP contribution in [-0.4, -0.2) is 21.0 Å². The molecule has 0 atom stereocenters. The van der Waals surface area contributed by atoms with Crippen LogP contribution < -0.4 is 5.32 Å². The van der Waals surface area contributed by atoms with Gasteiger partial charge in [0.2, 0.25) is 5.95 Å². The van der Waals surface area contributed by atoms with E-state index in [2.05, 4.69) is 47.1 Å². The number of benzene rings is 2. The van der Waals surface area contributed by atoms with Crippen LogP contribution in [0.25, 0.3) is 10.9 Å². The number of carbonyl (C=O) groups is 1. The first-order valence-electron chi connectivity index (χ1n) is 6.25. The second kappa shape index (κ2) is 6.02. The van der Waals surface area contributed by atoms with E-state index in [0.717, 1.165) is 4.47 Å². The van der Waals surface area contributed by atoms with E-state index in [-0.39, 0.29) is 17.6 Å². The molecule has 0 aliphatic carbocycles. The van der Waals surface area contributed by atoms with Gasteiger partial charge in [-0.15, -0.1) is 0 Å². The number of anilines is 1. The number of nitrogens with one attached hydrogen (secondary N) is 1.